The molecule has 0 amide bonds. The van der Waals surface area contributed by atoms with Crippen LogP contribution in [-0.4, -0.2) is 31.2 Å². The molecule has 1 N–H and O–H groups in total. The van der Waals surface area contributed by atoms with E-state index in [0.717, 1.165) is 12.8 Å². The highest BCUT2D eigenvalue weighted by Crippen LogP contribution is 1.97. The molecule has 0 fully saturated rings. The Hall–Kier alpha value is -0.380. The molecule has 0 aromatic heterocycles. The molecule has 1 unspecified atom stereocenters. The van der Waals surface area contributed by atoms with Crippen LogP contribution in [0, 0.1) is 0 Å². The molecule has 78 valence electrons. The fourth-order valence-electron chi connectivity index (χ4n) is 0.926. The fraction of sp³-hybridized carbons (Fsp3) is 0.800. The Morgan fingerprint density at radius 3 is 2.69 bits per heavy atom. The average Bonchev–Trinajstić information content (AvgIpc) is 2.11. The molecule has 1 atom stereocenters. The van der Waals surface area contributed by atoms with Gasteiger partial charge < -0.3 is 14.6 Å². The molecule has 0 radical (unpaired) electrons. The lowest BCUT2D eigenvalue weighted by atomic mass is 10.3. The predicted octanol–water partition coefficient (Wildman–Crippen LogP) is 1.71. The Labute approximate surface area is 80.4 Å². The number of hydrogen-bond donors (Lipinski definition) is 1. The number of allylic oxidation sites excluding steroid dienone is 1. The summed E-state index contributed by atoms with van der Waals surface area (Å²) in [6.45, 7) is 5.36. The highest BCUT2D eigenvalue weighted by molar-refractivity contribution is 4.80. The molecule has 0 aromatic carbocycles. The van der Waals surface area contributed by atoms with Crippen molar-refractivity contribution in [3.8, 4) is 0 Å². The second-order valence-electron chi connectivity index (χ2n) is 2.69. The van der Waals surface area contributed by atoms with Gasteiger partial charge in [0.1, 0.15) is 0 Å². The van der Waals surface area contributed by atoms with Gasteiger partial charge in [-0.15, -0.1) is 0 Å². The molecule has 0 saturated carbocycles. The summed E-state index contributed by atoms with van der Waals surface area (Å²) in [5, 5.41) is 8.44. The van der Waals surface area contributed by atoms with Crippen LogP contribution in [0.3, 0.4) is 0 Å². The Bertz CT molecular complexity index is 123. The lowest BCUT2D eigenvalue weighted by Crippen LogP contribution is -2.13. The second kappa shape index (κ2) is 9.71. The third kappa shape index (κ3) is 9.53. The zero-order valence-electron chi connectivity index (χ0n) is 8.53. The Kier molecular flexibility index (Phi) is 9.42. The van der Waals surface area contributed by atoms with Crippen LogP contribution in [0.15, 0.2) is 12.2 Å². The minimum atomic E-state index is -0.105. The number of ether oxygens (including phenoxy) is 2. The summed E-state index contributed by atoms with van der Waals surface area (Å²) in [5.41, 5.74) is 0. The summed E-state index contributed by atoms with van der Waals surface area (Å²) >= 11 is 0. The van der Waals surface area contributed by atoms with Crippen molar-refractivity contribution in [3.63, 3.8) is 0 Å². The number of aliphatic hydroxyl groups excluding tert-OH is 1. The summed E-state index contributed by atoms with van der Waals surface area (Å²) in [6.07, 6.45) is 5.50. The molecule has 3 nitrogen and oxygen atoms in total. The number of unbranched alkanes of at least 4 members (excludes halogenated alkanes) is 1. The maximum absolute atomic E-state index is 8.44. The van der Waals surface area contributed by atoms with Crippen molar-refractivity contribution in [1.82, 2.24) is 0 Å². The third-order valence-electron chi connectivity index (χ3n) is 1.54. The van der Waals surface area contributed by atoms with E-state index >= 15 is 0 Å². The van der Waals surface area contributed by atoms with Crippen molar-refractivity contribution in [1.29, 1.82) is 0 Å². The number of rotatable bonds is 8. The molecule has 0 aliphatic carbocycles. The van der Waals surface area contributed by atoms with E-state index in [1.807, 2.05) is 19.9 Å². The largest absolute Gasteiger partial charge is 0.392 e. The molecule has 0 aliphatic rings. The molecule has 3 heteroatoms. The first kappa shape index (κ1) is 12.6. The Balaban J connectivity index is 3.10. The van der Waals surface area contributed by atoms with E-state index in [1.54, 1.807) is 6.08 Å². The summed E-state index contributed by atoms with van der Waals surface area (Å²) < 4.78 is 10.5. The van der Waals surface area contributed by atoms with Crippen molar-refractivity contribution in [3.05, 3.63) is 12.2 Å². The molecular formula is C10H20O3. The summed E-state index contributed by atoms with van der Waals surface area (Å²) in [4.78, 5) is 0. The van der Waals surface area contributed by atoms with E-state index in [0.29, 0.717) is 13.2 Å². The zero-order valence-corrected chi connectivity index (χ0v) is 8.53. The first-order valence-corrected chi connectivity index (χ1v) is 4.80. The highest BCUT2D eigenvalue weighted by Gasteiger charge is 1.97. The van der Waals surface area contributed by atoms with Crippen LogP contribution in [0.1, 0.15) is 26.7 Å². The Morgan fingerprint density at radius 2 is 2.08 bits per heavy atom. The molecule has 0 rings (SSSR count). The third-order valence-corrected chi connectivity index (χ3v) is 1.54. The predicted molar refractivity (Wildman–Crippen MR) is 52.5 cm³/mol. The van der Waals surface area contributed by atoms with Gasteiger partial charge in [-0.2, -0.15) is 0 Å². The van der Waals surface area contributed by atoms with Crippen LogP contribution >= 0.6 is 0 Å². The van der Waals surface area contributed by atoms with Gasteiger partial charge >= 0.3 is 0 Å². The van der Waals surface area contributed by atoms with E-state index in [1.165, 1.54) is 0 Å². The van der Waals surface area contributed by atoms with Crippen LogP contribution < -0.4 is 0 Å². The van der Waals surface area contributed by atoms with Gasteiger partial charge in [-0.1, -0.05) is 12.2 Å². The monoisotopic (exact) mass is 188 g/mol. The Morgan fingerprint density at radius 1 is 1.31 bits per heavy atom. The van der Waals surface area contributed by atoms with Crippen molar-refractivity contribution in [2.45, 2.75) is 33.0 Å². The van der Waals surface area contributed by atoms with Gasteiger partial charge in [-0.05, 0) is 26.7 Å². The van der Waals surface area contributed by atoms with Crippen LogP contribution in [-0.2, 0) is 9.47 Å². The first-order valence-electron chi connectivity index (χ1n) is 4.80. The van der Waals surface area contributed by atoms with Crippen LogP contribution in [0.25, 0.3) is 0 Å². The van der Waals surface area contributed by atoms with Crippen molar-refractivity contribution >= 4 is 0 Å². The van der Waals surface area contributed by atoms with E-state index in [9.17, 15) is 0 Å². The summed E-state index contributed by atoms with van der Waals surface area (Å²) in [5.74, 6) is 0. The van der Waals surface area contributed by atoms with Gasteiger partial charge in [0.05, 0.1) is 13.2 Å². The first-order chi connectivity index (χ1) is 6.31. The van der Waals surface area contributed by atoms with E-state index in [4.69, 9.17) is 14.6 Å². The molecule has 0 spiro atoms. The van der Waals surface area contributed by atoms with E-state index in [-0.39, 0.29) is 12.9 Å². The number of aliphatic hydroxyl groups is 1. The molecule has 0 saturated heterocycles. The van der Waals surface area contributed by atoms with Crippen molar-refractivity contribution < 1.29 is 14.6 Å². The molecule has 0 aliphatic heterocycles. The maximum atomic E-state index is 8.44. The lowest BCUT2D eigenvalue weighted by molar-refractivity contribution is -0.127. The minimum absolute atomic E-state index is 0.105. The fourth-order valence-corrected chi connectivity index (χ4v) is 0.926. The van der Waals surface area contributed by atoms with Crippen molar-refractivity contribution in [2.75, 3.05) is 19.8 Å². The average molecular weight is 188 g/mol. The van der Waals surface area contributed by atoms with Crippen LogP contribution in [0.2, 0.25) is 0 Å². The van der Waals surface area contributed by atoms with Crippen LogP contribution in [0.5, 0.6) is 0 Å². The quantitative estimate of drug-likeness (QED) is 0.358. The van der Waals surface area contributed by atoms with E-state index in [2.05, 4.69) is 0 Å². The van der Waals surface area contributed by atoms with Gasteiger partial charge in [-0.25, -0.2) is 0 Å². The topological polar surface area (TPSA) is 38.7 Å². The normalized spacial score (nSPS) is 13.8. The van der Waals surface area contributed by atoms with Crippen LogP contribution in [0.4, 0.5) is 0 Å². The molecule has 13 heavy (non-hydrogen) atoms. The number of hydrogen-bond acceptors (Lipinski definition) is 3. The lowest BCUT2D eigenvalue weighted by Gasteiger charge is -2.11. The second-order valence-corrected chi connectivity index (χ2v) is 2.69. The van der Waals surface area contributed by atoms with Gasteiger partial charge in [0.2, 0.25) is 0 Å². The summed E-state index contributed by atoms with van der Waals surface area (Å²) in [6, 6.07) is 0. The molecular weight excluding hydrogens is 168 g/mol. The van der Waals surface area contributed by atoms with Gasteiger partial charge in [0.15, 0.2) is 6.29 Å². The zero-order chi connectivity index (χ0) is 9.94. The molecule has 0 bridgehead atoms. The minimum Gasteiger partial charge on any atom is -0.392 e. The summed E-state index contributed by atoms with van der Waals surface area (Å²) in [7, 11) is 0. The van der Waals surface area contributed by atoms with E-state index < -0.39 is 0 Å². The highest BCUT2D eigenvalue weighted by atomic mass is 16.7. The molecule has 0 heterocycles. The maximum Gasteiger partial charge on any atom is 0.154 e. The van der Waals surface area contributed by atoms with Gasteiger partial charge in [0, 0.05) is 6.61 Å². The molecule has 0 aromatic rings. The van der Waals surface area contributed by atoms with Gasteiger partial charge in [0.25, 0.3) is 0 Å². The standard InChI is InChI=1S/C10H20O3/c1-3-12-10(2)13-9-7-5-4-6-8-11/h4,6,10-11H,3,5,7-9H2,1-2H3/b6-4+. The SMILES string of the molecule is CCOC(C)OCCC/C=C/CO. The smallest absolute Gasteiger partial charge is 0.154 e. The van der Waals surface area contributed by atoms with Crippen molar-refractivity contribution in [2.24, 2.45) is 0 Å². The van der Waals surface area contributed by atoms with Gasteiger partial charge in [-0.3, -0.25) is 0 Å².